The molecule has 2 heteroatoms. The average Bonchev–Trinajstić information content (AvgIpc) is 2.47. The second-order valence-corrected chi connectivity index (χ2v) is 4.67. The number of hydrogen-bond donors (Lipinski definition) is 0. The molecule has 0 atom stereocenters. The van der Waals surface area contributed by atoms with Gasteiger partial charge >= 0.3 is 0 Å². The van der Waals surface area contributed by atoms with Gasteiger partial charge in [-0.1, -0.05) is 47.2 Å². The fourth-order valence-electron chi connectivity index (χ4n) is 2.82. The summed E-state index contributed by atoms with van der Waals surface area (Å²) in [7, 11) is 0. The molecule has 0 aliphatic heterocycles. The number of fused-ring (bicyclic) bond motifs is 6. The van der Waals surface area contributed by atoms with E-state index in [1.165, 1.54) is 6.07 Å². The zero-order valence-corrected chi connectivity index (χ0v) is 14.6. The van der Waals surface area contributed by atoms with Crippen LogP contribution in [0.4, 0.5) is 4.39 Å². The van der Waals surface area contributed by atoms with E-state index in [-0.39, 0.29) is 46.0 Å². The maximum atomic E-state index is 14.2. The van der Waals surface area contributed by atoms with Crippen LogP contribution in [-0.4, -0.2) is 0 Å². The smallest absolute Gasteiger partial charge is 0.0900 e. The van der Waals surface area contributed by atoms with E-state index < -0.39 is 0 Å². The van der Waals surface area contributed by atoms with Crippen molar-refractivity contribution >= 4 is 32.3 Å². The van der Waals surface area contributed by atoms with Gasteiger partial charge in [-0.3, -0.25) is 0 Å². The quantitative estimate of drug-likeness (QED) is 0.289. The van der Waals surface area contributed by atoms with Crippen LogP contribution in [0.25, 0.3) is 32.3 Å². The Hall–Kier alpha value is -1.31. The van der Waals surface area contributed by atoms with E-state index in [0.29, 0.717) is 5.39 Å². The van der Waals surface area contributed by atoms with Crippen molar-refractivity contribution in [1.29, 1.82) is 0 Å². The molecule has 1 radical (unpaired) electrons. The molecular formula is C19H13FY-2. The molecular weight excluding hydrogens is 336 g/mol. The van der Waals surface area contributed by atoms with Gasteiger partial charge in [-0.2, -0.15) is 0 Å². The van der Waals surface area contributed by atoms with Gasteiger partial charge in [0.1, 0.15) is 0 Å². The van der Waals surface area contributed by atoms with Crippen LogP contribution < -0.4 is 0 Å². The molecule has 101 valence electrons. The molecule has 0 nitrogen and oxygen atoms in total. The first-order valence-corrected chi connectivity index (χ1v) is 6.25. The Morgan fingerprint density at radius 1 is 0.714 bits per heavy atom. The molecule has 0 saturated carbocycles. The monoisotopic (exact) mass is 349 g/mol. The fraction of sp³-hybridized carbons (Fsp3) is 0. The summed E-state index contributed by atoms with van der Waals surface area (Å²) in [4.78, 5) is 0. The van der Waals surface area contributed by atoms with Crippen molar-refractivity contribution in [2.24, 2.45) is 0 Å². The molecule has 0 fully saturated rings. The largest absolute Gasteiger partial charge is 0.358 e. The third-order valence-electron chi connectivity index (χ3n) is 3.63. The second kappa shape index (κ2) is 6.21. The van der Waals surface area contributed by atoms with Gasteiger partial charge in [-0.05, 0) is 16.8 Å². The zero-order valence-electron chi connectivity index (χ0n) is 11.7. The topological polar surface area (TPSA) is 0 Å². The molecule has 4 rings (SSSR count). The Bertz CT molecular complexity index is 883. The zero-order chi connectivity index (χ0) is 12.8. The predicted molar refractivity (Wildman–Crippen MR) is 84.2 cm³/mol. The minimum absolute atomic E-state index is 0. The van der Waals surface area contributed by atoms with Crippen LogP contribution in [0.15, 0.2) is 60.7 Å². The molecule has 4 aromatic carbocycles. The molecule has 0 aliphatic carbocycles. The summed E-state index contributed by atoms with van der Waals surface area (Å²) in [5.74, 6) is -0.185. The SMILES string of the molecule is Fc1cccc2c3ccccc3c3ccc[c-]c3c12.[CH3-].[Y]. The summed E-state index contributed by atoms with van der Waals surface area (Å²) in [5.41, 5.74) is 0. The van der Waals surface area contributed by atoms with Crippen molar-refractivity contribution in [1.82, 2.24) is 0 Å². The maximum absolute atomic E-state index is 14.2. The van der Waals surface area contributed by atoms with Crippen LogP contribution in [0.5, 0.6) is 0 Å². The van der Waals surface area contributed by atoms with Gasteiger partial charge in [0, 0.05) is 32.7 Å². The van der Waals surface area contributed by atoms with Gasteiger partial charge in [-0.25, -0.2) is 4.39 Å². The van der Waals surface area contributed by atoms with Gasteiger partial charge in [0.25, 0.3) is 0 Å². The molecule has 0 unspecified atom stereocenters. The van der Waals surface area contributed by atoms with Crippen molar-refractivity contribution in [3.63, 3.8) is 0 Å². The first-order valence-electron chi connectivity index (χ1n) is 6.25. The molecule has 0 saturated heterocycles. The van der Waals surface area contributed by atoms with E-state index in [9.17, 15) is 4.39 Å². The van der Waals surface area contributed by atoms with Gasteiger partial charge in [-0.15, -0.1) is 35.0 Å². The fourth-order valence-corrected chi connectivity index (χ4v) is 2.82. The Labute approximate surface area is 148 Å². The first kappa shape index (κ1) is 16.1. The number of rotatable bonds is 0. The molecule has 0 N–H and O–H groups in total. The molecule has 0 bridgehead atoms. The molecule has 0 heterocycles. The van der Waals surface area contributed by atoms with Gasteiger partial charge in [0.15, 0.2) is 0 Å². The van der Waals surface area contributed by atoms with Crippen LogP contribution in [0, 0.1) is 19.3 Å². The predicted octanol–water partition coefficient (Wildman–Crippen LogP) is 5.53. The molecule has 0 aliphatic rings. The Morgan fingerprint density at radius 3 is 2.10 bits per heavy atom. The van der Waals surface area contributed by atoms with Gasteiger partial charge < -0.3 is 7.43 Å². The van der Waals surface area contributed by atoms with Crippen LogP contribution in [0.1, 0.15) is 0 Å². The van der Waals surface area contributed by atoms with E-state index >= 15 is 0 Å². The molecule has 0 spiro atoms. The van der Waals surface area contributed by atoms with Gasteiger partial charge in [0.05, 0.1) is 5.82 Å². The first-order chi connectivity index (χ1) is 9.36. The molecule has 0 amide bonds. The molecule has 0 aromatic heterocycles. The average molecular weight is 349 g/mol. The van der Waals surface area contributed by atoms with Crippen molar-refractivity contribution in [3.05, 3.63) is 80.0 Å². The summed E-state index contributed by atoms with van der Waals surface area (Å²) in [5, 5.41) is 5.75. The standard InChI is InChI=1S/C18H10F.CH3.Y/c19-17-11-5-10-16-14-7-2-1-6-12(14)13-8-3-4-9-15(13)18(16)17;;/h1-8,10-11H;1H3;/q2*-1;. The third-order valence-corrected chi connectivity index (χ3v) is 3.63. The Morgan fingerprint density at radius 2 is 1.33 bits per heavy atom. The molecule has 21 heavy (non-hydrogen) atoms. The summed E-state index contributed by atoms with van der Waals surface area (Å²) in [6, 6.07) is 22.4. The van der Waals surface area contributed by atoms with E-state index in [2.05, 4.69) is 12.1 Å². The summed E-state index contributed by atoms with van der Waals surface area (Å²) in [6.07, 6.45) is 0. The van der Waals surface area contributed by atoms with Crippen molar-refractivity contribution in [3.8, 4) is 0 Å². The van der Waals surface area contributed by atoms with E-state index in [0.717, 1.165) is 26.9 Å². The van der Waals surface area contributed by atoms with Crippen molar-refractivity contribution in [2.45, 2.75) is 0 Å². The maximum Gasteiger partial charge on any atom is 0.0900 e. The third kappa shape index (κ3) is 2.39. The summed E-state index contributed by atoms with van der Waals surface area (Å²) < 4.78 is 14.2. The van der Waals surface area contributed by atoms with Crippen LogP contribution >= 0.6 is 0 Å². The van der Waals surface area contributed by atoms with Gasteiger partial charge in [0.2, 0.25) is 0 Å². The Kier molecular flexibility index (Phi) is 4.75. The van der Waals surface area contributed by atoms with Crippen molar-refractivity contribution < 1.29 is 37.1 Å². The van der Waals surface area contributed by atoms with Crippen LogP contribution in [0.2, 0.25) is 0 Å². The van der Waals surface area contributed by atoms with Crippen LogP contribution in [-0.2, 0) is 32.7 Å². The minimum Gasteiger partial charge on any atom is -0.358 e. The van der Waals surface area contributed by atoms with Crippen LogP contribution in [0.3, 0.4) is 0 Å². The van der Waals surface area contributed by atoms with E-state index in [1.807, 2.05) is 42.5 Å². The second-order valence-electron chi connectivity index (χ2n) is 4.67. The molecule has 4 aromatic rings. The normalized spacial score (nSPS) is 10.3. The minimum atomic E-state index is -0.185. The summed E-state index contributed by atoms with van der Waals surface area (Å²) >= 11 is 0. The van der Waals surface area contributed by atoms with E-state index in [1.54, 1.807) is 6.07 Å². The summed E-state index contributed by atoms with van der Waals surface area (Å²) in [6.45, 7) is 0. The van der Waals surface area contributed by atoms with E-state index in [4.69, 9.17) is 0 Å². The number of hydrogen-bond acceptors (Lipinski definition) is 0. The number of benzene rings is 4. The van der Waals surface area contributed by atoms with Crippen molar-refractivity contribution in [2.75, 3.05) is 0 Å². The Balaban J connectivity index is 0.000000807. The number of halogens is 1.